The molecule has 7 heteroatoms. The molecule has 96 valence electrons. The number of nitrogens with one attached hydrogen (secondary N) is 3. The van der Waals surface area contributed by atoms with Gasteiger partial charge in [0.05, 0.1) is 6.26 Å². The molecule has 0 aromatic carbocycles. The van der Waals surface area contributed by atoms with Crippen LogP contribution in [0.2, 0.25) is 0 Å². The number of sulfonamides is 1. The predicted octanol–water partition coefficient (Wildman–Crippen LogP) is -0.643. The summed E-state index contributed by atoms with van der Waals surface area (Å²) in [4.78, 5) is 4.01. The molecule has 0 unspecified atom stereocenters. The third-order valence-corrected chi connectivity index (χ3v) is 2.41. The Labute approximate surface area is 98.0 Å². The normalized spacial score (nSPS) is 12.9. The van der Waals surface area contributed by atoms with E-state index in [2.05, 4.69) is 34.2 Å². The van der Waals surface area contributed by atoms with Gasteiger partial charge in [-0.25, -0.2) is 13.1 Å². The van der Waals surface area contributed by atoms with Gasteiger partial charge in [0.1, 0.15) is 0 Å². The van der Waals surface area contributed by atoms with Crippen LogP contribution in [-0.4, -0.2) is 47.3 Å². The molecule has 6 nitrogen and oxygen atoms in total. The summed E-state index contributed by atoms with van der Waals surface area (Å²) in [6.45, 7) is 5.89. The van der Waals surface area contributed by atoms with E-state index in [0.717, 1.165) is 12.8 Å². The van der Waals surface area contributed by atoms with E-state index in [9.17, 15) is 8.42 Å². The van der Waals surface area contributed by atoms with Crippen molar-refractivity contribution < 1.29 is 8.42 Å². The fourth-order valence-corrected chi connectivity index (χ4v) is 1.41. The smallest absolute Gasteiger partial charge is 0.208 e. The molecule has 3 N–H and O–H groups in total. The fourth-order valence-electron chi connectivity index (χ4n) is 0.939. The molecule has 0 saturated heterocycles. The van der Waals surface area contributed by atoms with Crippen LogP contribution in [-0.2, 0) is 10.0 Å². The van der Waals surface area contributed by atoms with Crippen molar-refractivity contribution in [3.63, 3.8) is 0 Å². The van der Waals surface area contributed by atoms with Crippen LogP contribution in [0.5, 0.6) is 0 Å². The zero-order chi connectivity index (χ0) is 12.6. The summed E-state index contributed by atoms with van der Waals surface area (Å²) < 4.78 is 23.9. The van der Waals surface area contributed by atoms with E-state index >= 15 is 0 Å². The van der Waals surface area contributed by atoms with Crippen LogP contribution in [0.1, 0.15) is 13.8 Å². The van der Waals surface area contributed by atoms with Crippen LogP contribution < -0.4 is 15.4 Å². The molecule has 0 heterocycles. The molecule has 0 amide bonds. The van der Waals surface area contributed by atoms with Crippen molar-refractivity contribution >= 4 is 16.0 Å². The van der Waals surface area contributed by atoms with Gasteiger partial charge in [0.25, 0.3) is 0 Å². The maximum Gasteiger partial charge on any atom is 0.208 e. The first-order chi connectivity index (χ1) is 7.35. The first-order valence-corrected chi connectivity index (χ1v) is 7.13. The quantitative estimate of drug-likeness (QED) is 0.332. The van der Waals surface area contributed by atoms with Crippen molar-refractivity contribution in [1.29, 1.82) is 0 Å². The Bertz CT molecular complexity index is 311. The Hall–Kier alpha value is -0.820. The minimum atomic E-state index is -3.10. The number of nitrogens with zero attached hydrogens (tertiary/aromatic N) is 1. The van der Waals surface area contributed by atoms with Gasteiger partial charge >= 0.3 is 0 Å². The molecule has 16 heavy (non-hydrogen) atoms. The number of hydrogen-bond acceptors (Lipinski definition) is 3. The largest absolute Gasteiger partial charge is 0.356 e. The molecule has 0 aliphatic rings. The molecule has 0 saturated carbocycles. The predicted molar refractivity (Wildman–Crippen MR) is 67.0 cm³/mol. The molecular weight excluding hydrogens is 228 g/mol. The molecule has 0 rings (SSSR count). The van der Waals surface area contributed by atoms with Crippen molar-refractivity contribution in [3.8, 4) is 0 Å². The lowest BCUT2D eigenvalue weighted by atomic mass is 10.2. The summed E-state index contributed by atoms with van der Waals surface area (Å²) in [5.41, 5.74) is 0. The zero-order valence-corrected chi connectivity index (χ0v) is 11.2. The molecule has 0 fully saturated rings. The monoisotopic (exact) mass is 250 g/mol. The van der Waals surface area contributed by atoms with Gasteiger partial charge in [0.15, 0.2) is 5.96 Å². The van der Waals surface area contributed by atoms with Gasteiger partial charge in [-0.2, -0.15) is 0 Å². The highest BCUT2D eigenvalue weighted by molar-refractivity contribution is 7.88. The molecule has 0 aliphatic heterocycles. The van der Waals surface area contributed by atoms with Crippen LogP contribution in [0.3, 0.4) is 0 Å². The van der Waals surface area contributed by atoms with Gasteiger partial charge < -0.3 is 10.6 Å². The Morgan fingerprint density at radius 2 is 1.88 bits per heavy atom. The van der Waals surface area contributed by atoms with Crippen LogP contribution in [0.15, 0.2) is 4.99 Å². The van der Waals surface area contributed by atoms with Crippen LogP contribution in [0.4, 0.5) is 0 Å². The molecule has 0 aromatic rings. The molecule has 0 aliphatic carbocycles. The van der Waals surface area contributed by atoms with Gasteiger partial charge in [0.2, 0.25) is 10.0 Å². The maximum absolute atomic E-state index is 10.8. The third-order valence-electron chi connectivity index (χ3n) is 1.68. The van der Waals surface area contributed by atoms with E-state index in [1.165, 1.54) is 0 Å². The fraction of sp³-hybridized carbons (Fsp3) is 0.889. The number of rotatable bonds is 6. The summed E-state index contributed by atoms with van der Waals surface area (Å²) in [5.74, 6) is 1.22. The molecule has 0 aromatic heterocycles. The van der Waals surface area contributed by atoms with Gasteiger partial charge in [-0.15, -0.1) is 0 Å². The average Bonchev–Trinajstić information content (AvgIpc) is 2.15. The minimum absolute atomic E-state index is 0.348. The Morgan fingerprint density at radius 3 is 2.31 bits per heavy atom. The highest BCUT2D eigenvalue weighted by Gasteiger charge is 2.01. The van der Waals surface area contributed by atoms with Gasteiger partial charge in [-0.05, 0) is 5.92 Å². The lowest BCUT2D eigenvalue weighted by molar-refractivity contribution is 0.585. The van der Waals surface area contributed by atoms with Crippen LogP contribution in [0.25, 0.3) is 0 Å². The third kappa shape index (κ3) is 9.72. The first kappa shape index (κ1) is 15.2. The van der Waals surface area contributed by atoms with Crippen molar-refractivity contribution in [2.24, 2.45) is 10.9 Å². The number of aliphatic imine (C=N–C) groups is 1. The SMILES string of the molecule is CN=C(NCCNS(C)(=O)=O)NCC(C)C. The van der Waals surface area contributed by atoms with E-state index in [0.29, 0.717) is 25.0 Å². The standard InChI is InChI=1S/C9H22N4O2S/c1-8(2)7-12-9(10-3)11-5-6-13-16(4,14)15/h8,13H,5-7H2,1-4H3,(H2,10,11,12). The second-order valence-electron chi connectivity index (χ2n) is 3.94. The second-order valence-corrected chi connectivity index (χ2v) is 5.77. The summed E-state index contributed by atoms with van der Waals surface area (Å²) >= 11 is 0. The Morgan fingerprint density at radius 1 is 1.25 bits per heavy atom. The molecular formula is C9H22N4O2S. The van der Waals surface area contributed by atoms with Crippen molar-refractivity contribution in [2.75, 3.05) is 32.9 Å². The summed E-state index contributed by atoms with van der Waals surface area (Å²) in [6.07, 6.45) is 1.14. The first-order valence-electron chi connectivity index (χ1n) is 5.24. The minimum Gasteiger partial charge on any atom is -0.356 e. The van der Waals surface area contributed by atoms with E-state index in [-0.39, 0.29) is 0 Å². The molecule has 0 spiro atoms. The van der Waals surface area contributed by atoms with Gasteiger partial charge in [-0.3, -0.25) is 4.99 Å². The highest BCUT2D eigenvalue weighted by Crippen LogP contribution is 1.86. The Kier molecular flexibility index (Phi) is 7.07. The van der Waals surface area contributed by atoms with Crippen LogP contribution in [0, 0.1) is 5.92 Å². The lowest BCUT2D eigenvalue weighted by Gasteiger charge is -2.13. The van der Waals surface area contributed by atoms with Gasteiger partial charge in [-0.1, -0.05) is 13.8 Å². The van der Waals surface area contributed by atoms with E-state index in [1.807, 2.05) is 0 Å². The van der Waals surface area contributed by atoms with E-state index in [4.69, 9.17) is 0 Å². The molecule has 0 radical (unpaired) electrons. The van der Waals surface area contributed by atoms with Crippen molar-refractivity contribution in [1.82, 2.24) is 15.4 Å². The van der Waals surface area contributed by atoms with Gasteiger partial charge in [0, 0.05) is 26.7 Å². The number of guanidine groups is 1. The van der Waals surface area contributed by atoms with Crippen molar-refractivity contribution in [2.45, 2.75) is 13.8 Å². The summed E-state index contributed by atoms with van der Waals surface area (Å²) in [5, 5.41) is 6.14. The van der Waals surface area contributed by atoms with E-state index < -0.39 is 10.0 Å². The maximum atomic E-state index is 10.8. The Balaban J connectivity index is 3.73. The topological polar surface area (TPSA) is 82.6 Å². The van der Waals surface area contributed by atoms with E-state index in [1.54, 1.807) is 7.05 Å². The zero-order valence-electron chi connectivity index (χ0n) is 10.4. The number of hydrogen-bond donors (Lipinski definition) is 3. The van der Waals surface area contributed by atoms with Crippen molar-refractivity contribution in [3.05, 3.63) is 0 Å². The second kappa shape index (κ2) is 7.45. The molecule has 0 atom stereocenters. The average molecular weight is 250 g/mol. The summed E-state index contributed by atoms with van der Waals surface area (Å²) in [6, 6.07) is 0. The summed E-state index contributed by atoms with van der Waals surface area (Å²) in [7, 11) is -1.42. The lowest BCUT2D eigenvalue weighted by Crippen LogP contribution is -2.42. The highest BCUT2D eigenvalue weighted by atomic mass is 32.2. The molecule has 0 bridgehead atoms. The van der Waals surface area contributed by atoms with Crippen LogP contribution >= 0.6 is 0 Å².